The molecule has 32 heavy (non-hydrogen) atoms. The van der Waals surface area contributed by atoms with Crippen molar-refractivity contribution in [3.63, 3.8) is 0 Å². The molecule has 0 aliphatic rings. The lowest BCUT2D eigenvalue weighted by Gasteiger charge is -2.24. The largest absolute Gasteiger partial charge is 0.497 e. The summed E-state index contributed by atoms with van der Waals surface area (Å²) in [7, 11) is 1.59. The second kappa shape index (κ2) is 9.66. The van der Waals surface area contributed by atoms with E-state index in [2.05, 4.69) is 15.3 Å². The number of halogens is 1. The Morgan fingerprint density at radius 2 is 1.94 bits per heavy atom. The van der Waals surface area contributed by atoms with Gasteiger partial charge in [0.05, 0.1) is 19.2 Å². The van der Waals surface area contributed by atoms with Gasteiger partial charge in [-0.15, -0.1) is 0 Å². The lowest BCUT2D eigenvalue weighted by Crippen LogP contribution is -2.34. The van der Waals surface area contributed by atoms with Crippen molar-refractivity contribution in [1.29, 1.82) is 0 Å². The summed E-state index contributed by atoms with van der Waals surface area (Å²) in [5.74, 6) is 0.666. The minimum Gasteiger partial charge on any atom is -0.497 e. The number of urea groups is 1. The van der Waals surface area contributed by atoms with E-state index >= 15 is 0 Å². The Labute approximate surface area is 191 Å². The zero-order chi connectivity index (χ0) is 22.5. The highest BCUT2D eigenvalue weighted by Crippen LogP contribution is 2.25. The number of carbonyl (C=O) groups excluding carboxylic acids is 1. The van der Waals surface area contributed by atoms with E-state index in [9.17, 15) is 4.79 Å². The number of hydrogen-bond acceptors (Lipinski definition) is 4. The van der Waals surface area contributed by atoms with Crippen molar-refractivity contribution in [1.82, 2.24) is 14.9 Å². The number of aryl methyl sites for hydroxylation is 1. The molecule has 0 unspecified atom stereocenters. The predicted octanol–water partition coefficient (Wildman–Crippen LogP) is 5.83. The third-order valence-corrected chi connectivity index (χ3v) is 5.47. The van der Waals surface area contributed by atoms with Crippen molar-refractivity contribution in [2.24, 2.45) is 0 Å². The van der Waals surface area contributed by atoms with Crippen molar-refractivity contribution < 1.29 is 9.53 Å². The minimum absolute atomic E-state index is 0.262. The zero-order valence-electron chi connectivity index (χ0n) is 17.9. The molecule has 4 rings (SSSR count). The number of hydrogen-bond donors (Lipinski definition) is 1. The predicted molar refractivity (Wildman–Crippen MR) is 127 cm³/mol. The first-order valence-corrected chi connectivity index (χ1v) is 10.5. The van der Waals surface area contributed by atoms with E-state index in [0.29, 0.717) is 29.7 Å². The number of amides is 2. The molecule has 0 bridgehead atoms. The van der Waals surface area contributed by atoms with Gasteiger partial charge in [-0.05, 0) is 42.3 Å². The number of methoxy groups -OCH3 is 1. The third kappa shape index (κ3) is 4.98. The number of carbonyl (C=O) groups is 1. The van der Waals surface area contributed by atoms with Crippen LogP contribution in [0, 0.1) is 6.92 Å². The molecular weight excluding hydrogens is 424 g/mol. The monoisotopic (exact) mass is 446 g/mol. The van der Waals surface area contributed by atoms with Crippen molar-refractivity contribution in [2.45, 2.75) is 20.0 Å². The summed E-state index contributed by atoms with van der Waals surface area (Å²) in [6, 6.07) is 18.7. The molecule has 0 radical (unpaired) electrons. The second-order valence-corrected chi connectivity index (χ2v) is 7.82. The highest BCUT2D eigenvalue weighted by atomic mass is 35.5. The molecule has 162 valence electrons. The quantitative estimate of drug-likeness (QED) is 0.378. The number of fused-ring (bicyclic) bond motifs is 1. The summed E-state index contributed by atoms with van der Waals surface area (Å²) < 4.78 is 5.26. The Kier molecular flexibility index (Phi) is 6.52. The minimum atomic E-state index is -0.262. The van der Waals surface area contributed by atoms with Crippen molar-refractivity contribution >= 4 is 34.2 Å². The van der Waals surface area contributed by atoms with E-state index in [1.807, 2.05) is 61.5 Å². The molecule has 0 saturated heterocycles. The molecule has 0 spiro atoms. The summed E-state index contributed by atoms with van der Waals surface area (Å²) in [4.78, 5) is 23.7. The number of pyridine rings is 2. The van der Waals surface area contributed by atoms with E-state index in [-0.39, 0.29) is 6.03 Å². The van der Waals surface area contributed by atoms with Gasteiger partial charge < -0.3 is 15.0 Å². The van der Waals surface area contributed by atoms with E-state index < -0.39 is 0 Å². The van der Waals surface area contributed by atoms with Gasteiger partial charge in [0.25, 0.3) is 0 Å². The summed E-state index contributed by atoms with van der Waals surface area (Å²) in [5, 5.41) is 4.32. The van der Waals surface area contributed by atoms with Gasteiger partial charge in [-0.3, -0.25) is 4.98 Å². The van der Waals surface area contributed by atoms with Gasteiger partial charge >= 0.3 is 6.03 Å². The van der Waals surface area contributed by atoms with Crippen molar-refractivity contribution in [2.75, 3.05) is 12.4 Å². The summed E-state index contributed by atoms with van der Waals surface area (Å²) in [6.45, 7) is 2.66. The zero-order valence-corrected chi connectivity index (χ0v) is 18.6. The summed E-state index contributed by atoms with van der Waals surface area (Å²) in [5.41, 5.74) is 4.24. The molecule has 2 aromatic carbocycles. The number of anilines is 1. The molecule has 2 aromatic heterocycles. The molecule has 6 nitrogen and oxygen atoms in total. The molecule has 0 aliphatic heterocycles. The van der Waals surface area contributed by atoms with Gasteiger partial charge in [-0.25, -0.2) is 9.78 Å². The first-order chi connectivity index (χ1) is 15.5. The molecule has 0 fully saturated rings. The molecule has 0 aliphatic carbocycles. The fraction of sp³-hybridized carbons (Fsp3) is 0.160. The van der Waals surface area contributed by atoms with Gasteiger partial charge in [0, 0.05) is 41.6 Å². The Bertz CT molecular complexity index is 1250. The molecular formula is C25H23ClN4O2. The van der Waals surface area contributed by atoms with Gasteiger partial charge in [0.15, 0.2) is 0 Å². The molecule has 0 saturated carbocycles. The van der Waals surface area contributed by atoms with Crippen LogP contribution in [0.2, 0.25) is 5.15 Å². The van der Waals surface area contributed by atoms with Crippen LogP contribution in [0.3, 0.4) is 0 Å². The maximum absolute atomic E-state index is 13.2. The maximum Gasteiger partial charge on any atom is 0.322 e. The lowest BCUT2D eigenvalue weighted by molar-refractivity contribution is 0.206. The average Bonchev–Trinajstić information content (AvgIpc) is 2.80. The summed E-state index contributed by atoms with van der Waals surface area (Å²) in [6.07, 6.45) is 3.45. The lowest BCUT2D eigenvalue weighted by atomic mass is 10.1. The van der Waals surface area contributed by atoms with Gasteiger partial charge in [-0.1, -0.05) is 41.9 Å². The third-order valence-electron chi connectivity index (χ3n) is 5.14. The topological polar surface area (TPSA) is 67.3 Å². The van der Waals surface area contributed by atoms with Crippen LogP contribution >= 0.6 is 11.6 Å². The maximum atomic E-state index is 13.2. The molecule has 1 N–H and O–H groups in total. The Balaban J connectivity index is 1.64. The highest BCUT2D eigenvalue weighted by molar-refractivity contribution is 6.30. The van der Waals surface area contributed by atoms with E-state index in [1.165, 1.54) is 0 Å². The number of nitrogens with zero attached hydrogens (tertiary/aromatic N) is 3. The van der Waals surface area contributed by atoms with Gasteiger partial charge in [0.2, 0.25) is 0 Å². The van der Waals surface area contributed by atoms with E-state index in [0.717, 1.165) is 27.6 Å². The number of ether oxygens (including phenoxy) is 1. The van der Waals surface area contributed by atoms with Crippen LogP contribution < -0.4 is 10.1 Å². The smallest absolute Gasteiger partial charge is 0.322 e. The Morgan fingerprint density at radius 1 is 1.09 bits per heavy atom. The molecule has 7 heteroatoms. The van der Waals surface area contributed by atoms with Crippen LogP contribution in [0.15, 0.2) is 73.1 Å². The molecule has 2 heterocycles. The van der Waals surface area contributed by atoms with Crippen LogP contribution in [0.1, 0.15) is 16.7 Å². The standard InChI is InChI=1S/C25H23ClN4O2/c1-17-6-3-8-19-12-20(24(26)29-23(17)19)16-30(15-18-7-5-11-27-14-18)25(31)28-21-9-4-10-22(13-21)32-2/h3-14H,15-16H2,1-2H3,(H,28,31). The SMILES string of the molecule is COc1cccc(NC(=O)N(Cc2cccnc2)Cc2cc3cccc(C)c3nc2Cl)c1. The fourth-order valence-corrected chi connectivity index (χ4v) is 3.70. The number of nitrogens with one attached hydrogen (secondary N) is 1. The first kappa shape index (κ1) is 21.6. The molecule has 0 atom stereocenters. The van der Waals surface area contributed by atoms with Crippen LogP contribution in [0.4, 0.5) is 10.5 Å². The fourth-order valence-electron chi connectivity index (χ4n) is 3.50. The number of aromatic nitrogens is 2. The molecule has 2 amide bonds. The van der Waals surface area contributed by atoms with Gasteiger partial charge in [-0.2, -0.15) is 0 Å². The molecule has 4 aromatic rings. The normalized spacial score (nSPS) is 10.7. The van der Waals surface area contributed by atoms with Crippen LogP contribution in [-0.4, -0.2) is 28.0 Å². The van der Waals surface area contributed by atoms with Crippen LogP contribution in [-0.2, 0) is 13.1 Å². The number of benzene rings is 2. The van der Waals surface area contributed by atoms with E-state index in [1.54, 1.807) is 30.5 Å². The average molecular weight is 447 g/mol. The van der Waals surface area contributed by atoms with Gasteiger partial charge in [0.1, 0.15) is 10.9 Å². The van der Waals surface area contributed by atoms with Crippen molar-refractivity contribution in [3.05, 3.63) is 94.9 Å². The number of para-hydroxylation sites is 1. The Hall–Kier alpha value is -3.64. The van der Waals surface area contributed by atoms with Crippen LogP contribution in [0.25, 0.3) is 10.9 Å². The highest BCUT2D eigenvalue weighted by Gasteiger charge is 2.18. The van der Waals surface area contributed by atoms with E-state index in [4.69, 9.17) is 16.3 Å². The summed E-state index contributed by atoms with van der Waals surface area (Å²) >= 11 is 6.53. The Morgan fingerprint density at radius 3 is 2.72 bits per heavy atom. The number of rotatable bonds is 6. The van der Waals surface area contributed by atoms with Crippen molar-refractivity contribution in [3.8, 4) is 5.75 Å². The first-order valence-electron chi connectivity index (χ1n) is 10.2. The van der Waals surface area contributed by atoms with Crippen LogP contribution in [0.5, 0.6) is 5.75 Å². The second-order valence-electron chi connectivity index (χ2n) is 7.46.